The van der Waals surface area contributed by atoms with Crippen molar-refractivity contribution in [1.29, 1.82) is 0 Å². The van der Waals surface area contributed by atoms with Crippen molar-refractivity contribution in [3.8, 4) is 5.75 Å². The monoisotopic (exact) mass is 343 g/mol. The number of hydrogen-bond acceptors (Lipinski definition) is 4. The molecule has 1 aromatic heterocycles. The molecule has 2 aromatic rings. The van der Waals surface area contributed by atoms with Crippen LogP contribution in [0.2, 0.25) is 0 Å². The minimum absolute atomic E-state index is 0.0441. The molecule has 2 fully saturated rings. The average Bonchev–Trinajstić information content (AvgIpc) is 3.34. The van der Waals surface area contributed by atoms with Crippen LogP contribution in [-0.4, -0.2) is 60.9 Å². The van der Waals surface area contributed by atoms with Crippen molar-refractivity contribution in [3.63, 3.8) is 0 Å². The van der Waals surface area contributed by atoms with E-state index in [-0.39, 0.29) is 11.9 Å². The number of fused-ring (bicyclic) bond motifs is 1. The van der Waals surface area contributed by atoms with Gasteiger partial charge in [-0.3, -0.25) is 9.69 Å². The van der Waals surface area contributed by atoms with Crippen molar-refractivity contribution in [2.45, 2.75) is 24.9 Å². The minimum atomic E-state index is -0.0441. The molecule has 134 valence electrons. The second kappa shape index (κ2) is 6.69. The van der Waals surface area contributed by atoms with E-state index in [1.165, 1.54) is 12.8 Å². The summed E-state index contributed by atoms with van der Waals surface area (Å²) in [5.41, 5.74) is 1.68. The summed E-state index contributed by atoms with van der Waals surface area (Å²) in [4.78, 5) is 15.3. The van der Waals surface area contributed by atoms with Crippen LogP contribution in [0.5, 0.6) is 5.75 Å². The highest BCUT2D eigenvalue weighted by atomic mass is 16.5. The summed E-state index contributed by atoms with van der Waals surface area (Å²) in [6.45, 7) is 3.50. The molecule has 0 unspecified atom stereocenters. The lowest BCUT2D eigenvalue weighted by Gasteiger charge is -2.27. The van der Waals surface area contributed by atoms with Crippen LogP contribution >= 0.6 is 0 Å². The fraction of sp³-hybridized carbons (Fsp3) is 0.526. The highest BCUT2D eigenvalue weighted by Gasteiger charge is 2.35. The smallest absolute Gasteiger partial charge is 0.268 e. The lowest BCUT2D eigenvalue weighted by Crippen LogP contribution is -2.50. The fourth-order valence-electron chi connectivity index (χ4n) is 4.03. The molecule has 2 aliphatic heterocycles. The third kappa shape index (κ3) is 3.00. The summed E-state index contributed by atoms with van der Waals surface area (Å²) in [5.74, 6) is 0.751. The van der Waals surface area contributed by atoms with Gasteiger partial charge in [-0.15, -0.1) is 0 Å². The van der Waals surface area contributed by atoms with Crippen molar-refractivity contribution in [3.05, 3.63) is 30.0 Å². The van der Waals surface area contributed by atoms with Crippen molar-refractivity contribution >= 4 is 16.8 Å². The molecule has 1 N–H and O–H groups in total. The van der Waals surface area contributed by atoms with Gasteiger partial charge in [0.2, 0.25) is 0 Å². The molecule has 0 aliphatic carbocycles. The average molecular weight is 343 g/mol. The number of carbonyl (C=O) groups is 1. The summed E-state index contributed by atoms with van der Waals surface area (Å²) in [7, 11) is 3.57. The number of methoxy groups -OCH3 is 1. The third-order valence-electron chi connectivity index (χ3n) is 5.46. The zero-order valence-corrected chi connectivity index (χ0v) is 14.8. The highest BCUT2D eigenvalue weighted by molar-refractivity contribution is 5.99. The van der Waals surface area contributed by atoms with Crippen LogP contribution in [0.1, 0.15) is 23.3 Å². The molecule has 1 amide bonds. The maximum Gasteiger partial charge on any atom is 0.268 e. The molecule has 6 nitrogen and oxygen atoms in total. The van der Waals surface area contributed by atoms with E-state index in [9.17, 15) is 4.79 Å². The number of amides is 1. The van der Waals surface area contributed by atoms with Gasteiger partial charge in [0.25, 0.3) is 5.91 Å². The number of carbonyl (C=O) groups excluding carboxylic acids is 1. The van der Waals surface area contributed by atoms with Crippen LogP contribution in [0.25, 0.3) is 10.9 Å². The molecular weight excluding hydrogens is 318 g/mol. The number of rotatable bonds is 4. The van der Waals surface area contributed by atoms with E-state index < -0.39 is 0 Å². The van der Waals surface area contributed by atoms with Crippen molar-refractivity contribution in [1.82, 2.24) is 14.8 Å². The van der Waals surface area contributed by atoms with Gasteiger partial charge in [0.05, 0.1) is 32.4 Å². The number of aromatic nitrogens is 1. The van der Waals surface area contributed by atoms with Crippen LogP contribution in [0.15, 0.2) is 24.3 Å². The van der Waals surface area contributed by atoms with Crippen molar-refractivity contribution in [2.75, 3.05) is 33.4 Å². The van der Waals surface area contributed by atoms with Crippen LogP contribution in [0, 0.1) is 0 Å². The molecule has 2 aliphatic rings. The summed E-state index contributed by atoms with van der Waals surface area (Å²) in [6.07, 6.45) is 2.48. The first-order valence-electron chi connectivity index (χ1n) is 8.93. The molecule has 25 heavy (non-hydrogen) atoms. The Morgan fingerprint density at radius 3 is 2.80 bits per heavy atom. The molecular formula is C19H25N3O3. The van der Waals surface area contributed by atoms with Crippen LogP contribution in [-0.2, 0) is 11.8 Å². The van der Waals surface area contributed by atoms with E-state index in [0.29, 0.717) is 24.9 Å². The molecule has 4 rings (SSSR count). The Labute approximate surface area is 147 Å². The Bertz CT molecular complexity index is 780. The predicted molar refractivity (Wildman–Crippen MR) is 96.1 cm³/mol. The zero-order chi connectivity index (χ0) is 17.4. The first kappa shape index (κ1) is 16.4. The maximum absolute atomic E-state index is 12.9. The molecule has 6 heteroatoms. The van der Waals surface area contributed by atoms with E-state index in [2.05, 4.69) is 10.2 Å². The van der Waals surface area contributed by atoms with E-state index in [4.69, 9.17) is 9.47 Å². The molecule has 3 heterocycles. The largest absolute Gasteiger partial charge is 0.497 e. The number of benzene rings is 1. The van der Waals surface area contributed by atoms with Crippen LogP contribution in [0.3, 0.4) is 0 Å². The first-order chi connectivity index (χ1) is 12.2. The van der Waals surface area contributed by atoms with Gasteiger partial charge >= 0.3 is 0 Å². The quantitative estimate of drug-likeness (QED) is 0.919. The van der Waals surface area contributed by atoms with Crippen LogP contribution < -0.4 is 10.1 Å². The Kier molecular flexibility index (Phi) is 4.39. The van der Waals surface area contributed by atoms with Crippen LogP contribution in [0.4, 0.5) is 0 Å². The van der Waals surface area contributed by atoms with Gasteiger partial charge < -0.3 is 19.4 Å². The minimum Gasteiger partial charge on any atom is -0.497 e. The molecule has 0 bridgehead atoms. The van der Waals surface area contributed by atoms with Gasteiger partial charge in [-0.1, -0.05) is 0 Å². The number of ether oxygens (including phenoxy) is 2. The van der Waals surface area contributed by atoms with Gasteiger partial charge in [0.1, 0.15) is 11.4 Å². The van der Waals surface area contributed by atoms with Gasteiger partial charge in [-0.2, -0.15) is 0 Å². The number of nitrogens with zero attached hydrogens (tertiary/aromatic N) is 2. The Balaban J connectivity index is 1.54. The molecule has 0 spiro atoms. The lowest BCUT2D eigenvalue weighted by atomic mass is 10.1. The topological polar surface area (TPSA) is 55.7 Å². The van der Waals surface area contributed by atoms with E-state index in [0.717, 1.165) is 29.7 Å². The summed E-state index contributed by atoms with van der Waals surface area (Å²) < 4.78 is 12.9. The normalized spacial score (nSPS) is 24.1. The summed E-state index contributed by atoms with van der Waals surface area (Å²) in [5, 5.41) is 4.20. The van der Waals surface area contributed by atoms with Gasteiger partial charge in [0.15, 0.2) is 0 Å². The second-order valence-corrected chi connectivity index (χ2v) is 6.94. The van der Waals surface area contributed by atoms with E-state index in [1.807, 2.05) is 35.9 Å². The van der Waals surface area contributed by atoms with Crippen molar-refractivity contribution < 1.29 is 14.3 Å². The maximum atomic E-state index is 12.9. The van der Waals surface area contributed by atoms with E-state index >= 15 is 0 Å². The zero-order valence-electron chi connectivity index (χ0n) is 14.8. The standard InChI is InChI=1S/C19H25N3O3/c1-21-16-6-5-14(24-2)9-13(16)10-17(21)19(23)20-15-11-25-12-18(15)22-7-3-4-8-22/h5-6,9-10,15,18H,3-4,7-8,11-12H2,1-2H3,(H,20,23)/t15-,18-/m1/s1. The van der Waals surface area contributed by atoms with Crippen molar-refractivity contribution in [2.24, 2.45) is 7.05 Å². The predicted octanol–water partition coefficient (Wildman–Crippen LogP) is 1.78. The summed E-state index contributed by atoms with van der Waals surface area (Å²) in [6, 6.07) is 8.12. The van der Waals surface area contributed by atoms with Gasteiger partial charge in [-0.25, -0.2) is 0 Å². The highest BCUT2D eigenvalue weighted by Crippen LogP contribution is 2.24. The molecule has 2 atom stereocenters. The SMILES string of the molecule is COc1ccc2c(c1)cc(C(=O)N[C@@H]1COC[C@H]1N1CCCC1)n2C. The second-order valence-electron chi connectivity index (χ2n) is 6.94. The van der Waals surface area contributed by atoms with E-state index in [1.54, 1.807) is 7.11 Å². The fourth-order valence-corrected chi connectivity index (χ4v) is 4.03. The number of aryl methyl sites for hydroxylation is 1. The third-order valence-corrected chi connectivity index (χ3v) is 5.46. The Hall–Kier alpha value is -2.05. The molecule has 0 saturated carbocycles. The number of nitrogens with one attached hydrogen (secondary N) is 1. The number of hydrogen-bond donors (Lipinski definition) is 1. The molecule has 1 aromatic carbocycles. The Morgan fingerprint density at radius 2 is 2.04 bits per heavy atom. The summed E-state index contributed by atoms with van der Waals surface area (Å²) >= 11 is 0. The molecule has 0 radical (unpaired) electrons. The molecule has 2 saturated heterocycles. The lowest BCUT2D eigenvalue weighted by molar-refractivity contribution is 0.0909. The van der Waals surface area contributed by atoms with Gasteiger partial charge in [-0.05, 0) is 50.2 Å². The number of likely N-dealkylation sites (tertiary alicyclic amines) is 1. The Morgan fingerprint density at radius 1 is 1.24 bits per heavy atom. The van der Waals surface area contributed by atoms with Gasteiger partial charge in [0, 0.05) is 18.0 Å². The first-order valence-corrected chi connectivity index (χ1v) is 8.93.